The summed E-state index contributed by atoms with van der Waals surface area (Å²) < 4.78 is 5.39. The van der Waals surface area contributed by atoms with Crippen molar-refractivity contribution in [1.82, 2.24) is 14.9 Å². The Bertz CT molecular complexity index is 899. The molecule has 0 radical (unpaired) electrons. The van der Waals surface area contributed by atoms with E-state index in [4.69, 9.17) is 4.74 Å². The summed E-state index contributed by atoms with van der Waals surface area (Å²) >= 11 is 0. The topological polar surface area (TPSA) is 67.3 Å². The lowest BCUT2D eigenvalue weighted by molar-refractivity contribution is -0.120. The second kappa shape index (κ2) is 7.93. The predicted octanol–water partition coefficient (Wildman–Crippen LogP) is 3.10. The number of benzene rings is 1. The van der Waals surface area contributed by atoms with Crippen LogP contribution < -0.4 is 10.1 Å². The summed E-state index contributed by atoms with van der Waals surface area (Å²) in [6.45, 7) is 2.49. The normalized spacial score (nSPS) is 12.2. The van der Waals surface area contributed by atoms with Crippen LogP contribution in [0.2, 0.25) is 0 Å². The van der Waals surface area contributed by atoms with Gasteiger partial charge >= 0.3 is 0 Å². The highest BCUT2D eigenvalue weighted by molar-refractivity contribution is 5.93. The van der Waals surface area contributed by atoms with Gasteiger partial charge in [0.1, 0.15) is 17.1 Å². The van der Waals surface area contributed by atoms with Gasteiger partial charge in [-0.3, -0.25) is 14.7 Å². The van der Waals surface area contributed by atoms with Gasteiger partial charge in [-0.15, -0.1) is 0 Å². The number of ether oxygens (including phenoxy) is 1. The monoisotopic (exact) mass is 350 g/mol. The van der Waals surface area contributed by atoms with Gasteiger partial charge in [-0.05, 0) is 43.8 Å². The third kappa shape index (κ3) is 3.81. The Hall–Kier alpha value is -2.99. The number of fused-ring (bicyclic) bond motifs is 1. The van der Waals surface area contributed by atoms with Crippen LogP contribution in [0, 0.1) is 0 Å². The molecule has 0 aliphatic rings. The number of rotatable bonds is 6. The fourth-order valence-electron chi connectivity index (χ4n) is 2.78. The van der Waals surface area contributed by atoms with Crippen molar-refractivity contribution in [1.29, 1.82) is 0 Å². The van der Waals surface area contributed by atoms with Crippen molar-refractivity contribution < 1.29 is 9.53 Å². The number of anilines is 1. The molecule has 2 heterocycles. The molecule has 0 fully saturated rings. The van der Waals surface area contributed by atoms with Crippen LogP contribution in [-0.4, -0.2) is 41.0 Å². The van der Waals surface area contributed by atoms with E-state index >= 15 is 0 Å². The molecule has 0 aliphatic heterocycles. The fraction of sp³-hybridized carbons (Fsp3) is 0.250. The van der Waals surface area contributed by atoms with Crippen molar-refractivity contribution in [3.8, 4) is 5.75 Å². The standard InChI is InChI=1S/C20H22N4O2/c1-14(20(25)23-18-8-4-5-11-21-18)24(2)13-15-9-10-17(26-3)19-16(15)7-6-12-22-19/h4-12,14H,13H2,1-3H3,(H,21,23,25)/t14-/m1/s1. The highest BCUT2D eigenvalue weighted by Crippen LogP contribution is 2.27. The number of nitrogens with zero attached hydrogens (tertiary/aromatic N) is 3. The van der Waals surface area contributed by atoms with Crippen LogP contribution in [0.5, 0.6) is 5.75 Å². The molecule has 2 aromatic heterocycles. The summed E-state index contributed by atoms with van der Waals surface area (Å²) in [7, 11) is 3.56. The average molecular weight is 350 g/mol. The molecule has 0 saturated heterocycles. The molecular formula is C20H22N4O2. The Balaban J connectivity index is 1.76. The number of methoxy groups -OCH3 is 1. The lowest BCUT2D eigenvalue weighted by Crippen LogP contribution is -2.39. The SMILES string of the molecule is COc1ccc(CN(C)[C@H](C)C(=O)Nc2ccccn2)c2cccnc12. The molecule has 3 rings (SSSR count). The average Bonchev–Trinajstić information content (AvgIpc) is 2.68. The maximum Gasteiger partial charge on any atom is 0.242 e. The van der Waals surface area contributed by atoms with E-state index in [1.807, 2.05) is 55.3 Å². The molecule has 1 amide bonds. The summed E-state index contributed by atoms with van der Waals surface area (Å²) in [5.74, 6) is 1.20. The lowest BCUT2D eigenvalue weighted by Gasteiger charge is -2.24. The molecule has 0 unspecified atom stereocenters. The van der Waals surface area contributed by atoms with E-state index in [0.29, 0.717) is 12.4 Å². The molecule has 1 aromatic carbocycles. The zero-order chi connectivity index (χ0) is 18.5. The number of carbonyl (C=O) groups excluding carboxylic acids is 1. The van der Waals surface area contributed by atoms with E-state index in [1.54, 1.807) is 25.6 Å². The first-order chi connectivity index (χ1) is 12.6. The molecule has 6 heteroatoms. The highest BCUT2D eigenvalue weighted by atomic mass is 16.5. The first kappa shape index (κ1) is 17.8. The second-order valence-corrected chi connectivity index (χ2v) is 6.12. The Kier molecular flexibility index (Phi) is 5.43. The molecule has 6 nitrogen and oxygen atoms in total. The lowest BCUT2D eigenvalue weighted by atomic mass is 10.1. The molecule has 0 bridgehead atoms. The Labute approximate surface area is 152 Å². The molecular weight excluding hydrogens is 328 g/mol. The van der Waals surface area contributed by atoms with Gasteiger partial charge in [0.2, 0.25) is 5.91 Å². The minimum absolute atomic E-state index is 0.0952. The summed E-state index contributed by atoms with van der Waals surface area (Å²) in [5, 5.41) is 3.86. The fourth-order valence-corrected chi connectivity index (χ4v) is 2.78. The van der Waals surface area contributed by atoms with Crippen LogP contribution in [0.3, 0.4) is 0 Å². The van der Waals surface area contributed by atoms with Crippen molar-refractivity contribution >= 4 is 22.6 Å². The van der Waals surface area contributed by atoms with E-state index < -0.39 is 0 Å². The molecule has 1 N–H and O–H groups in total. The maximum absolute atomic E-state index is 12.5. The Morgan fingerprint density at radius 2 is 1.96 bits per heavy atom. The molecule has 3 aromatic rings. The van der Waals surface area contributed by atoms with Gasteiger partial charge in [-0.1, -0.05) is 18.2 Å². The zero-order valence-electron chi connectivity index (χ0n) is 15.1. The largest absolute Gasteiger partial charge is 0.494 e. The van der Waals surface area contributed by atoms with E-state index in [9.17, 15) is 4.79 Å². The van der Waals surface area contributed by atoms with Crippen molar-refractivity contribution in [2.75, 3.05) is 19.5 Å². The molecule has 0 saturated carbocycles. The number of amides is 1. The summed E-state index contributed by atoms with van der Waals surface area (Å²) in [4.78, 5) is 23.0. The van der Waals surface area contributed by atoms with E-state index in [-0.39, 0.29) is 11.9 Å². The second-order valence-electron chi connectivity index (χ2n) is 6.12. The number of hydrogen-bond donors (Lipinski definition) is 1. The van der Waals surface area contributed by atoms with Crippen molar-refractivity contribution in [3.05, 3.63) is 60.4 Å². The number of pyridine rings is 2. The summed E-state index contributed by atoms with van der Waals surface area (Å²) in [6.07, 6.45) is 3.40. The van der Waals surface area contributed by atoms with Crippen LogP contribution in [0.4, 0.5) is 5.82 Å². The van der Waals surface area contributed by atoms with Crippen molar-refractivity contribution in [2.45, 2.75) is 19.5 Å². The summed E-state index contributed by atoms with van der Waals surface area (Å²) in [5.41, 5.74) is 1.92. The number of likely N-dealkylation sites (N-methyl/N-ethyl adjacent to an activating group) is 1. The number of carbonyl (C=O) groups is 1. The van der Waals surface area contributed by atoms with E-state index in [2.05, 4.69) is 15.3 Å². The molecule has 0 aliphatic carbocycles. The predicted molar refractivity (Wildman–Crippen MR) is 102 cm³/mol. The van der Waals surface area contributed by atoms with E-state index in [0.717, 1.165) is 22.2 Å². The highest BCUT2D eigenvalue weighted by Gasteiger charge is 2.19. The van der Waals surface area contributed by atoms with Crippen LogP contribution in [0.15, 0.2) is 54.9 Å². The minimum Gasteiger partial charge on any atom is -0.494 e. The quantitative estimate of drug-likeness (QED) is 0.740. The van der Waals surface area contributed by atoms with Crippen LogP contribution in [0.1, 0.15) is 12.5 Å². The zero-order valence-corrected chi connectivity index (χ0v) is 15.1. The van der Waals surface area contributed by atoms with Gasteiger partial charge in [0.05, 0.1) is 13.2 Å². The van der Waals surface area contributed by atoms with Gasteiger partial charge < -0.3 is 10.1 Å². The van der Waals surface area contributed by atoms with Crippen molar-refractivity contribution in [2.24, 2.45) is 0 Å². The van der Waals surface area contributed by atoms with Gasteiger partial charge in [0, 0.05) is 24.3 Å². The molecule has 1 atom stereocenters. The van der Waals surface area contributed by atoms with Gasteiger partial charge in [-0.25, -0.2) is 4.98 Å². The number of nitrogens with one attached hydrogen (secondary N) is 1. The molecule has 26 heavy (non-hydrogen) atoms. The molecule has 134 valence electrons. The number of hydrogen-bond acceptors (Lipinski definition) is 5. The maximum atomic E-state index is 12.5. The Morgan fingerprint density at radius 1 is 1.15 bits per heavy atom. The third-order valence-electron chi connectivity index (χ3n) is 4.42. The van der Waals surface area contributed by atoms with Crippen LogP contribution >= 0.6 is 0 Å². The van der Waals surface area contributed by atoms with E-state index in [1.165, 1.54) is 0 Å². The molecule has 0 spiro atoms. The number of aromatic nitrogens is 2. The first-order valence-electron chi connectivity index (χ1n) is 8.43. The minimum atomic E-state index is -0.314. The van der Waals surface area contributed by atoms with Gasteiger partial charge in [0.15, 0.2) is 0 Å². The Morgan fingerprint density at radius 3 is 2.69 bits per heavy atom. The third-order valence-corrected chi connectivity index (χ3v) is 4.42. The smallest absolute Gasteiger partial charge is 0.242 e. The summed E-state index contributed by atoms with van der Waals surface area (Å²) in [6, 6.07) is 13.0. The van der Waals surface area contributed by atoms with Crippen molar-refractivity contribution in [3.63, 3.8) is 0 Å². The first-order valence-corrected chi connectivity index (χ1v) is 8.43. The van der Waals surface area contributed by atoms with Crippen LogP contribution in [-0.2, 0) is 11.3 Å². The van der Waals surface area contributed by atoms with Crippen LogP contribution in [0.25, 0.3) is 10.9 Å². The van der Waals surface area contributed by atoms with Gasteiger partial charge in [0.25, 0.3) is 0 Å². The van der Waals surface area contributed by atoms with Gasteiger partial charge in [-0.2, -0.15) is 0 Å².